The SMILES string of the molecule is CCCCn1c(=O)c(C(=O)NC2(C(N)=O)CCCCC2)cc2ccc(OC)cc21. The standard InChI is InChI=1S/C22H29N3O4/c1-3-4-12-25-18-14-16(29-2)9-8-15(18)13-17(20(25)27)19(26)24-22(21(23)28)10-6-5-7-11-22/h8-9,13-14H,3-7,10-12H2,1-2H3,(H2,23,28)(H,24,26). The van der Waals surface area contributed by atoms with Crippen LogP contribution in [0.2, 0.25) is 0 Å². The molecule has 156 valence electrons. The van der Waals surface area contributed by atoms with E-state index in [1.807, 2.05) is 13.0 Å². The zero-order valence-electron chi connectivity index (χ0n) is 17.1. The number of primary amides is 1. The van der Waals surface area contributed by atoms with Crippen molar-refractivity contribution in [3.63, 3.8) is 0 Å². The molecular formula is C22H29N3O4. The number of nitrogens with zero attached hydrogens (tertiary/aromatic N) is 1. The highest BCUT2D eigenvalue weighted by Crippen LogP contribution is 2.28. The molecule has 1 aromatic heterocycles. The van der Waals surface area contributed by atoms with Gasteiger partial charge in [0.25, 0.3) is 11.5 Å². The summed E-state index contributed by atoms with van der Waals surface area (Å²) in [6, 6.07) is 7.02. The summed E-state index contributed by atoms with van der Waals surface area (Å²) in [7, 11) is 1.57. The normalized spacial score (nSPS) is 15.8. The van der Waals surface area contributed by atoms with Gasteiger partial charge in [0.2, 0.25) is 5.91 Å². The predicted octanol–water partition coefficient (Wildman–Crippen LogP) is 2.73. The molecule has 0 saturated heterocycles. The van der Waals surface area contributed by atoms with Crippen LogP contribution in [0, 0.1) is 0 Å². The van der Waals surface area contributed by atoms with Crippen LogP contribution in [0.5, 0.6) is 5.75 Å². The second-order valence-electron chi connectivity index (χ2n) is 7.75. The van der Waals surface area contributed by atoms with Gasteiger partial charge in [-0.25, -0.2) is 0 Å². The van der Waals surface area contributed by atoms with Crippen molar-refractivity contribution in [2.24, 2.45) is 5.73 Å². The second kappa shape index (κ2) is 8.68. The van der Waals surface area contributed by atoms with Crippen LogP contribution in [0.25, 0.3) is 10.9 Å². The van der Waals surface area contributed by atoms with Crippen LogP contribution in [-0.2, 0) is 11.3 Å². The smallest absolute Gasteiger partial charge is 0.263 e. The Bertz CT molecular complexity index is 974. The first-order chi connectivity index (χ1) is 13.9. The molecule has 1 aromatic carbocycles. The van der Waals surface area contributed by atoms with E-state index in [-0.39, 0.29) is 11.1 Å². The monoisotopic (exact) mass is 399 g/mol. The highest BCUT2D eigenvalue weighted by Gasteiger charge is 2.39. The van der Waals surface area contributed by atoms with Gasteiger partial charge in [0.1, 0.15) is 16.9 Å². The fraction of sp³-hybridized carbons (Fsp3) is 0.500. The minimum absolute atomic E-state index is 0.0324. The van der Waals surface area contributed by atoms with Crippen LogP contribution in [0.4, 0.5) is 0 Å². The maximum absolute atomic E-state index is 13.2. The van der Waals surface area contributed by atoms with E-state index < -0.39 is 17.4 Å². The van der Waals surface area contributed by atoms with Crippen molar-refractivity contribution in [3.8, 4) is 5.75 Å². The lowest BCUT2D eigenvalue weighted by molar-refractivity contribution is -0.125. The van der Waals surface area contributed by atoms with Gasteiger partial charge in [0.15, 0.2) is 0 Å². The van der Waals surface area contributed by atoms with E-state index in [1.54, 1.807) is 29.9 Å². The molecule has 0 spiro atoms. The van der Waals surface area contributed by atoms with Crippen molar-refractivity contribution in [1.82, 2.24) is 9.88 Å². The third-order valence-electron chi connectivity index (χ3n) is 5.82. The van der Waals surface area contributed by atoms with Gasteiger partial charge in [-0.05, 0) is 42.8 Å². The van der Waals surface area contributed by atoms with Crippen LogP contribution >= 0.6 is 0 Å². The van der Waals surface area contributed by atoms with Crippen LogP contribution in [0.3, 0.4) is 0 Å². The molecule has 29 heavy (non-hydrogen) atoms. The Morgan fingerprint density at radius 3 is 2.55 bits per heavy atom. The van der Waals surface area contributed by atoms with Gasteiger partial charge < -0.3 is 20.4 Å². The number of fused-ring (bicyclic) bond motifs is 1. The minimum atomic E-state index is -1.08. The summed E-state index contributed by atoms with van der Waals surface area (Å²) in [4.78, 5) is 38.4. The van der Waals surface area contributed by atoms with Crippen molar-refractivity contribution in [2.45, 2.75) is 64.0 Å². The van der Waals surface area contributed by atoms with Gasteiger partial charge >= 0.3 is 0 Å². The highest BCUT2D eigenvalue weighted by atomic mass is 16.5. The summed E-state index contributed by atoms with van der Waals surface area (Å²) >= 11 is 0. The Balaban J connectivity index is 2.06. The lowest BCUT2D eigenvalue weighted by Gasteiger charge is -2.35. The summed E-state index contributed by atoms with van der Waals surface area (Å²) in [5.74, 6) is -0.435. The molecule has 0 bridgehead atoms. The number of ether oxygens (including phenoxy) is 1. The minimum Gasteiger partial charge on any atom is -0.497 e. The van der Waals surface area contributed by atoms with Crippen molar-refractivity contribution >= 4 is 22.7 Å². The molecule has 1 aliphatic carbocycles. The zero-order valence-corrected chi connectivity index (χ0v) is 17.1. The van der Waals surface area contributed by atoms with Crippen LogP contribution in [0.15, 0.2) is 29.1 Å². The van der Waals surface area contributed by atoms with Gasteiger partial charge in [-0.1, -0.05) is 32.6 Å². The number of carbonyl (C=O) groups is 2. The van der Waals surface area contributed by atoms with Crippen molar-refractivity contribution in [3.05, 3.63) is 40.2 Å². The number of pyridine rings is 1. The average molecular weight is 399 g/mol. The molecule has 3 rings (SSSR count). The van der Waals surface area contributed by atoms with Crippen molar-refractivity contribution in [2.75, 3.05) is 7.11 Å². The number of nitrogens with two attached hydrogens (primary N) is 1. The fourth-order valence-corrected chi connectivity index (χ4v) is 4.05. The van der Waals surface area contributed by atoms with Gasteiger partial charge in [0.05, 0.1) is 12.6 Å². The van der Waals surface area contributed by atoms with E-state index in [2.05, 4.69) is 5.32 Å². The Hall–Kier alpha value is -2.83. The molecule has 1 saturated carbocycles. The number of benzene rings is 1. The van der Waals surface area contributed by atoms with Crippen LogP contribution in [-0.4, -0.2) is 29.0 Å². The largest absolute Gasteiger partial charge is 0.497 e. The van der Waals surface area contributed by atoms with Gasteiger partial charge in [0, 0.05) is 12.6 Å². The molecule has 0 unspecified atom stereocenters. The topological polar surface area (TPSA) is 103 Å². The number of rotatable bonds is 7. The number of nitrogens with one attached hydrogen (secondary N) is 1. The maximum Gasteiger partial charge on any atom is 0.263 e. The van der Waals surface area contributed by atoms with E-state index in [0.717, 1.165) is 43.0 Å². The number of aryl methyl sites for hydroxylation is 1. The quantitative estimate of drug-likeness (QED) is 0.747. The first-order valence-corrected chi connectivity index (χ1v) is 10.3. The molecular weight excluding hydrogens is 370 g/mol. The molecule has 7 nitrogen and oxygen atoms in total. The number of carbonyl (C=O) groups excluding carboxylic acids is 2. The fourth-order valence-electron chi connectivity index (χ4n) is 4.05. The number of unbranched alkanes of at least 4 members (excludes halogenated alkanes) is 1. The summed E-state index contributed by atoms with van der Waals surface area (Å²) in [5, 5.41) is 3.58. The van der Waals surface area contributed by atoms with Gasteiger partial charge in [-0.2, -0.15) is 0 Å². The number of hydrogen-bond acceptors (Lipinski definition) is 4. The molecule has 2 aromatic rings. The Morgan fingerprint density at radius 2 is 1.93 bits per heavy atom. The third-order valence-corrected chi connectivity index (χ3v) is 5.82. The average Bonchev–Trinajstić information content (AvgIpc) is 2.72. The number of methoxy groups -OCH3 is 1. The summed E-state index contributed by atoms with van der Waals surface area (Å²) in [6.07, 6.45) is 5.38. The Labute approximate surface area is 170 Å². The summed E-state index contributed by atoms with van der Waals surface area (Å²) < 4.78 is 6.91. The van der Waals surface area contributed by atoms with Crippen molar-refractivity contribution < 1.29 is 14.3 Å². The van der Waals surface area contributed by atoms with E-state index in [9.17, 15) is 14.4 Å². The molecule has 1 heterocycles. The molecule has 0 aliphatic heterocycles. The highest BCUT2D eigenvalue weighted by molar-refractivity contribution is 6.01. The molecule has 7 heteroatoms. The lowest BCUT2D eigenvalue weighted by Crippen LogP contribution is -2.59. The van der Waals surface area contributed by atoms with Gasteiger partial charge in [-0.15, -0.1) is 0 Å². The predicted molar refractivity (Wildman–Crippen MR) is 112 cm³/mol. The first kappa shape index (κ1) is 20.9. The van der Waals surface area contributed by atoms with Gasteiger partial charge in [-0.3, -0.25) is 14.4 Å². The Morgan fingerprint density at radius 1 is 1.21 bits per heavy atom. The summed E-state index contributed by atoms with van der Waals surface area (Å²) in [6.45, 7) is 2.55. The van der Waals surface area contributed by atoms with Crippen LogP contribution in [0.1, 0.15) is 62.2 Å². The van der Waals surface area contributed by atoms with Crippen LogP contribution < -0.4 is 21.3 Å². The molecule has 3 N–H and O–H groups in total. The molecule has 1 aliphatic rings. The Kier molecular flexibility index (Phi) is 6.25. The number of hydrogen-bond donors (Lipinski definition) is 2. The lowest BCUT2D eigenvalue weighted by atomic mass is 9.81. The first-order valence-electron chi connectivity index (χ1n) is 10.3. The number of amides is 2. The maximum atomic E-state index is 13.2. The molecule has 0 atom stereocenters. The van der Waals surface area contributed by atoms with E-state index in [1.165, 1.54) is 0 Å². The number of aromatic nitrogens is 1. The zero-order chi connectivity index (χ0) is 21.0. The molecule has 2 amide bonds. The molecule has 0 radical (unpaired) electrons. The van der Waals surface area contributed by atoms with Crippen molar-refractivity contribution in [1.29, 1.82) is 0 Å². The molecule has 1 fully saturated rings. The third kappa shape index (κ3) is 4.13. The summed E-state index contributed by atoms with van der Waals surface area (Å²) in [5.41, 5.74) is 4.94. The van der Waals surface area contributed by atoms with E-state index in [0.29, 0.717) is 25.1 Å². The van der Waals surface area contributed by atoms with E-state index in [4.69, 9.17) is 10.5 Å². The van der Waals surface area contributed by atoms with E-state index >= 15 is 0 Å². The second-order valence-corrected chi connectivity index (χ2v) is 7.75.